The Morgan fingerprint density at radius 2 is 2.24 bits per heavy atom. The van der Waals surface area contributed by atoms with E-state index < -0.39 is 0 Å². The molecule has 0 amide bonds. The van der Waals surface area contributed by atoms with Gasteiger partial charge in [-0.2, -0.15) is 0 Å². The molecule has 0 aromatic carbocycles. The first kappa shape index (κ1) is 15.3. The lowest BCUT2D eigenvalue weighted by Crippen LogP contribution is -2.50. The Bertz CT molecular complexity index is 491. The lowest BCUT2D eigenvalue weighted by Gasteiger charge is -2.39. The van der Waals surface area contributed by atoms with Crippen molar-refractivity contribution in [3.05, 3.63) is 22.3 Å². The number of rotatable bonds is 4. The van der Waals surface area contributed by atoms with Gasteiger partial charge in [0.05, 0.1) is 0 Å². The monoisotopic (exact) mass is 352 g/mol. The van der Waals surface area contributed by atoms with Crippen molar-refractivity contribution in [3.8, 4) is 0 Å². The molecule has 2 aliphatic heterocycles. The molecule has 3 heterocycles. The predicted molar refractivity (Wildman–Crippen MR) is 90.7 cm³/mol. The molecule has 1 aromatic rings. The van der Waals surface area contributed by atoms with Crippen molar-refractivity contribution >= 4 is 21.7 Å². The molecular weight excluding hydrogens is 328 g/mol. The standard InChI is InChI=1S/C16H25BrN4/c1-12(2)18-9-13-8-14(17)10-19-16(13)21-7-6-20-5-3-4-15(20)11-21/h8,10,12,15,18H,3-7,9,11H2,1-2H3. The molecule has 1 aromatic heterocycles. The number of anilines is 1. The van der Waals surface area contributed by atoms with Crippen LogP contribution < -0.4 is 10.2 Å². The molecule has 4 nitrogen and oxygen atoms in total. The normalized spacial score (nSPS) is 22.9. The number of piperazine rings is 1. The number of nitrogens with one attached hydrogen (secondary N) is 1. The van der Waals surface area contributed by atoms with Crippen molar-refractivity contribution in [3.63, 3.8) is 0 Å². The number of hydrogen-bond donors (Lipinski definition) is 1. The summed E-state index contributed by atoms with van der Waals surface area (Å²) in [6.45, 7) is 9.94. The maximum absolute atomic E-state index is 4.71. The van der Waals surface area contributed by atoms with Crippen molar-refractivity contribution in [2.75, 3.05) is 31.1 Å². The van der Waals surface area contributed by atoms with Crippen LogP contribution in [-0.4, -0.2) is 48.1 Å². The lowest BCUT2D eigenvalue weighted by molar-refractivity contribution is 0.230. The van der Waals surface area contributed by atoms with Gasteiger partial charge in [-0.15, -0.1) is 0 Å². The van der Waals surface area contributed by atoms with E-state index in [1.807, 2.05) is 6.20 Å². The van der Waals surface area contributed by atoms with Crippen LogP contribution in [0.4, 0.5) is 5.82 Å². The topological polar surface area (TPSA) is 31.4 Å². The van der Waals surface area contributed by atoms with Crippen LogP contribution in [-0.2, 0) is 6.54 Å². The summed E-state index contributed by atoms with van der Waals surface area (Å²) in [5.41, 5.74) is 1.30. The van der Waals surface area contributed by atoms with Gasteiger partial charge < -0.3 is 10.2 Å². The van der Waals surface area contributed by atoms with E-state index in [2.05, 4.69) is 51.0 Å². The van der Waals surface area contributed by atoms with Gasteiger partial charge in [0.2, 0.25) is 0 Å². The maximum atomic E-state index is 4.71. The first-order chi connectivity index (χ1) is 10.1. The molecule has 1 atom stereocenters. The zero-order valence-corrected chi connectivity index (χ0v) is 14.6. The molecule has 21 heavy (non-hydrogen) atoms. The quantitative estimate of drug-likeness (QED) is 0.902. The van der Waals surface area contributed by atoms with Gasteiger partial charge in [0.1, 0.15) is 5.82 Å². The van der Waals surface area contributed by atoms with E-state index in [9.17, 15) is 0 Å². The van der Waals surface area contributed by atoms with Gasteiger partial charge in [0.15, 0.2) is 0 Å². The molecule has 5 heteroatoms. The summed E-state index contributed by atoms with van der Waals surface area (Å²) in [4.78, 5) is 9.84. The van der Waals surface area contributed by atoms with E-state index in [0.29, 0.717) is 6.04 Å². The Morgan fingerprint density at radius 3 is 3.05 bits per heavy atom. The zero-order chi connectivity index (χ0) is 14.8. The third-order valence-corrected chi connectivity index (χ3v) is 4.93. The second kappa shape index (κ2) is 6.63. The van der Waals surface area contributed by atoms with Gasteiger partial charge in [-0.05, 0) is 41.4 Å². The fraction of sp³-hybridized carbons (Fsp3) is 0.688. The third-order valence-electron chi connectivity index (χ3n) is 4.50. The first-order valence-electron chi connectivity index (χ1n) is 8.00. The Kier molecular flexibility index (Phi) is 4.82. The average molecular weight is 353 g/mol. The third kappa shape index (κ3) is 3.58. The van der Waals surface area contributed by atoms with Crippen LogP contribution in [0.3, 0.4) is 0 Å². The summed E-state index contributed by atoms with van der Waals surface area (Å²) >= 11 is 3.56. The van der Waals surface area contributed by atoms with E-state index >= 15 is 0 Å². The molecule has 2 saturated heterocycles. The van der Waals surface area contributed by atoms with Gasteiger partial charge in [0.25, 0.3) is 0 Å². The number of hydrogen-bond acceptors (Lipinski definition) is 4. The molecule has 116 valence electrons. The molecular formula is C16H25BrN4. The molecule has 0 spiro atoms. The Hall–Kier alpha value is -0.650. The smallest absolute Gasteiger partial charge is 0.133 e. The number of fused-ring (bicyclic) bond motifs is 1. The van der Waals surface area contributed by atoms with E-state index in [1.165, 1.54) is 31.5 Å². The van der Waals surface area contributed by atoms with E-state index in [1.54, 1.807) is 0 Å². The summed E-state index contributed by atoms with van der Waals surface area (Å²) in [6, 6.07) is 3.43. The summed E-state index contributed by atoms with van der Waals surface area (Å²) in [5.74, 6) is 1.16. The van der Waals surface area contributed by atoms with Crippen LogP contribution in [0, 0.1) is 0 Å². The van der Waals surface area contributed by atoms with Crippen molar-refractivity contribution in [2.45, 2.75) is 45.3 Å². The molecule has 0 bridgehead atoms. The fourth-order valence-corrected chi connectivity index (χ4v) is 3.77. The second-order valence-corrected chi connectivity index (χ2v) is 7.37. The van der Waals surface area contributed by atoms with Crippen LogP contribution >= 0.6 is 15.9 Å². The van der Waals surface area contributed by atoms with Gasteiger partial charge in [-0.3, -0.25) is 4.90 Å². The SMILES string of the molecule is CC(C)NCc1cc(Br)cnc1N1CCN2CCCC2C1. The summed E-state index contributed by atoms with van der Waals surface area (Å²) in [5, 5.41) is 3.52. The molecule has 0 aliphatic carbocycles. The molecule has 2 aliphatic rings. The summed E-state index contributed by atoms with van der Waals surface area (Å²) in [6.07, 6.45) is 4.62. The van der Waals surface area contributed by atoms with E-state index in [4.69, 9.17) is 4.98 Å². The van der Waals surface area contributed by atoms with Crippen LogP contribution in [0.25, 0.3) is 0 Å². The number of aromatic nitrogens is 1. The molecule has 1 unspecified atom stereocenters. The van der Waals surface area contributed by atoms with Crippen molar-refractivity contribution in [1.29, 1.82) is 0 Å². The fourth-order valence-electron chi connectivity index (χ4n) is 3.39. The number of halogens is 1. The highest BCUT2D eigenvalue weighted by atomic mass is 79.9. The molecule has 0 saturated carbocycles. The zero-order valence-electron chi connectivity index (χ0n) is 13.0. The summed E-state index contributed by atoms with van der Waals surface area (Å²) in [7, 11) is 0. The highest BCUT2D eigenvalue weighted by Gasteiger charge is 2.31. The average Bonchev–Trinajstić information content (AvgIpc) is 2.92. The minimum atomic E-state index is 0.489. The van der Waals surface area contributed by atoms with Gasteiger partial charge in [0, 0.05) is 54.5 Å². The van der Waals surface area contributed by atoms with Gasteiger partial charge in [-0.25, -0.2) is 4.98 Å². The van der Waals surface area contributed by atoms with E-state index in [-0.39, 0.29) is 0 Å². The largest absolute Gasteiger partial charge is 0.353 e. The van der Waals surface area contributed by atoms with Crippen molar-refractivity contribution in [1.82, 2.24) is 15.2 Å². The second-order valence-electron chi connectivity index (χ2n) is 6.45. The highest BCUT2D eigenvalue weighted by Crippen LogP contribution is 2.27. The van der Waals surface area contributed by atoms with E-state index in [0.717, 1.165) is 36.0 Å². The van der Waals surface area contributed by atoms with Gasteiger partial charge in [-0.1, -0.05) is 13.8 Å². The minimum absolute atomic E-state index is 0.489. The van der Waals surface area contributed by atoms with Crippen LogP contribution in [0.2, 0.25) is 0 Å². The molecule has 0 radical (unpaired) electrons. The van der Waals surface area contributed by atoms with Crippen LogP contribution in [0.5, 0.6) is 0 Å². The van der Waals surface area contributed by atoms with Gasteiger partial charge >= 0.3 is 0 Å². The Morgan fingerprint density at radius 1 is 1.38 bits per heavy atom. The first-order valence-corrected chi connectivity index (χ1v) is 8.79. The Labute approximate surface area is 136 Å². The molecule has 2 fully saturated rings. The number of pyridine rings is 1. The minimum Gasteiger partial charge on any atom is -0.353 e. The lowest BCUT2D eigenvalue weighted by atomic mass is 10.1. The Balaban J connectivity index is 1.77. The predicted octanol–water partition coefficient (Wildman–Crippen LogP) is 2.63. The maximum Gasteiger partial charge on any atom is 0.133 e. The van der Waals surface area contributed by atoms with Crippen LogP contribution in [0.15, 0.2) is 16.7 Å². The van der Waals surface area contributed by atoms with Crippen molar-refractivity contribution < 1.29 is 0 Å². The van der Waals surface area contributed by atoms with Crippen molar-refractivity contribution in [2.24, 2.45) is 0 Å². The highest BCUT2D eigenvalue weighted by molar-refractivity contribution is 9.10. The molecule has 3 rings (SSSR count). The molecule has 1 N–H and O–H groups in total. The summed E-state index contributed by atoms with van der Waals surface area (Å²) < 4.78 is 1.06. The number of nitrogens with zero attached hydrogens (tertiary/aromatic N) is 3. The van der Waals surface area contributed by atoms with Crippen LogP contribution in [0.1, 0.15) is 32.3 Å².